The molecule has 0 unspecified atom stereocenters. The van der Waals surface area contributed by atoms with Gasteiger partial charge in [-0.25, -0.2) is 4.98 Å². The third kappa shape index (κ3) is 2.36. The lowest BCUT2D eigenvalue weighted by Gasteiger charge is -2.37. The summed E-state index contributed by atoms with van der Waals surface area (Å²) >= 11 is 0. The van der Waals surface area contributed by atoms with Crippen molar-refractivity contribution in [1.82, 2.24) is 9.88 Å². The second-order valence-corrected chi connectivity index (χ2v) is 4.74. The van der Waals surface area contributed by atoms with Crippen molar-refractivity contribution in [2.24, 2.45) is 0 Å². The van der Waals surface area contributed by atoms with Crippen LogP contribution in [0.4, 0.5) is 0 Å². The van der Waals surface area contributed by atoms with Gasteiger partial charge in [-0.2, -0.15) is 0 Å². The van der Waals surface area contributed by atoms with E-state index in [-0.39, 0.29) is 5.79 Å². The molecule has 0 atom stereocenters. The summed E-state index contributed by atoms with van der Waals surface area (Å²) in [6.07, 6.45) is 3.63. The molecule has 94 valence electrons. The summed E-state index contributed by atoms with van der Waals surface area (Å²) in [5, 5.41) is 0. The first-order valence-corrected chi connectivity index (χ1v) is 6.17. The lowest BCUT2D eigenvalue weighted by molar-refractivity contribution is -0.185. The normalized spacial score (nSPS) is 24.5. The number of hydrogen-bond acceptors (Lipinski definition) is 5. The van der Waals surface area contributed by atoms with Gasteiger partial charge in [0.2, 0.25) is 0 Å². The summed E-state index contributed by atoms with van der Waals surface area (Å²) < 4.78 is 16.6. The number of nitrogens with zero attached hydrogens (tertiary/aromatic N) is 2. The van der Waals surface area contributed by atoms with Gasteiger partial charge in [-0.15, -0.1) is 0 Å². The molecule has 2 fully saturated rings. The van der Waals surface area contributed by atoms with Crippen LogP contribution in [0.3, 0.4) is 0 Å². The SMILES string of the molecule is Cc1nc(CN2CCC3(CC2)OCCO3)co1. The fourth-order valence-electron chi connectivity index (χ4n) is 2.55. The van der Waals surface area contributed by atoms with E-state index < -0.39 is 0 Å². The number of piperidine rings is 1. The predicted molar refractivity (Wildman–Crippen MR) is 60.4 cm³/mol. The van der Waals surface area contributed by atoms with Crippen molar-refractivity contribution in [3.8, 4) is 0 Å². The van der Waals surface area contributed by atoms with Crippen LogP contribution in [-0.4, -0.2) is 42.0 Å². The molecule has 1 spiro atoms. The van der Waals surface area contributed by atoms with Gasteiger partial charge >= 0.3 is 0 Å². The molecule has 2 saturated heterocycles. The van der Waals surface area contributed by atoms with Gasteiger partial charge in [0, 0.05) is 39.4 Å². The van der Waals surface area contributed by atoms with Crippen LogP contribution in [0.25, 0.3) is 0 Å². The summed E-state index contributed by atoms with van der Waals surface area (Å²) in [4.78, 5) is 6.69. The molecule has 0 radical (unpaired) electrons. The quantitative estimate of drug-likeness (QED) is 0.777. The van der Waals surface area contributed by atoms with Gasteiger partial charge in [0.15, 0.2) is 11.7 Å². The average Bonchev–Trinajstić information content (AvgIpc) is 2.93. The number of aryl methyl sites for hydroxylation is 1. The van der Waals surface area contributed by atoms with E-state index in [2.05, 4.69) is 9.88 Å². The Bertz CT molecular complexity index is 375. The van der Waals surface area contributed by atoms with Crippen molar-refractivity contribution in [2.45, 2.75) is 32.1 Å². The zero-order valence-electron chi connectivity index (χ0n) is 10.1. The first kappa shape index (κ1) is 11.2. The Balaban J connectivity index is 1.54. The molecule has 0 aromatic carbocycles. The second kappa shape index (κ2) is 4.40. The minimum Gasteiger partial charge on any atom is -0.449 e. The molecule has 0 saturated carbocycles. The summed E-state index contributed by atoms with van der Waals surface area (Å²) in [6.45, 7) is 6.19. The highest BCUT2D eigenvalue weighted by atomic mass is 16.7. The van der Waals surface area contributed by atoms with Crippen molar-refractivity contribution < 1.29 is 13.9 Å². The highest BCUT2D eigenvalue weighted by Crippen LogP contribution is 2.31. The van der Waals surface area contributed by atoms with E-state index in [4.69, 9.17) is 13.9 Å². The van der Waals surface area contributed by atoms with Crippen LogP contribution < -0.4 is 0 Å². The van der Waals surface area contributed by atoms with Crippen molar-refractivity contribution in [1.29, 1.82) is 0 Å². The van der Waals surface area contributed by atoms with Gasteiger partial charge in [0.1, 0.15) is 6.26 Å². The van der Waals surface area contributed by atoms with Gasteiger partial charge in [-0.3, -0.25) is 4.90 Å². The largest absolute Gasteiger partial charge is 0.449 e. The zero-order chi connectivity index (χ0) is 11.7. The van der Waals surface area contributed by atoms with Gasteiger partial charge in [0.05, 0.1) is 18.9 Å². The monoisotopic (exact) mass is 238 g/mol. The van der Waals surface area contributed by atoms with Crippen molar-refractivity contribution in [3.05, 3.63) is 17.8 Å². The van der Waals surface area contributed by atoms with Crippen molar-refractivity contribution in [2.75, 3.05) is 26.3 Å². The summed E-state index contributed by atoms with van der Waals surface area (Å²) in [7, 11) is 0. The van der Waals surface area contributed by atoms with Crippen LogP contribution in [0.2, 0.25) is 0 Å². The van der Waals surface area contributed by atoms with Crippen LogP contribution in [0, 0.1) is 6.92 Å². The van der Waals surface area contributed by atoms with Crippen LogP contribution in [0.1, 0.15) is 24.4 Å². The third-order valence-electron chi connectivity index (χ3n) is 3.48. The third-order valence-corrected chi connectivity index (χ3v) is 3.48. The van der Waals surface area contributed by atoms with Crippen molar-refractivity contribution in [3.63, 3.8) is 0 Å². The molecule has 5 heteroatoms. The molecule has 5 nitrogen and oxygen atoms in total. The van der Waals surface area contributed by atoms with Crippen LogP contribution >= 0.6 is 0 Å². The first-order chi connectivity index (χ1) is 8.26. The van der Waals surface area contributed by atoms with E-state index in [1.165, 1.54) is 0 Å². The first-order valence-electron chi connectivity index (χ1n) is 6.17. The summed E-state index contributed by atoms with van der Waals surface area (Å²) in [5.74, 6) is 0.451. The number of oxazole rings is 1. The molecular weight excluding hydrogens is 220 g/mol. The summed E-state index contributed by atoms with van der Waals surface area (Å²) in [6, 6.07) is 0. The van der Waals surface area contributed by atoms with Crippen molar-refractivity contribution >= 4 is 0 Å². The lowest BCUT2D eigenvalue weighted by Crippen LogP contribution is -2.44. The molecule has 0 N–H and O–H groups in total. The lowest BCUT2D eigenvalue weighted by atomic mass is 10.0. The maximum atomic E-state index is 5.70. The Kier molecular flexibility index (Phi) is 2.90. The van der Waals surface area contributed by atoms with E-state index >= 15 is 0 Å². The Morgan fingerprint density at radius 3 is 2.59 bits per heavy atom. The number of aromatic nitrogens is 1. The molecule has 2 aliphatic rings. The Labute approximate surface area is 101 Å². The highest BCUT2D eigenvalue weighted by Gasteiger charge is 2.39. The molecule has 3 heterocycles. The molecule has 2 aliphatic heterocycles. The fourth-order valence-corrected chi connectivity index (χ4v) is 2.55. The maximum Gasteiger partial charge on any atom is 0.191 e. The summed E-state index contributed by atoms with van der Waals surface area (Å²) in [5.41, 5.74) is 1.01. The number of likely N-dealkylation sites (tertiary alicyclic amines) is 1. The molecule has 17 heavy (non-hydrogen) atoms. The molecule has 0 aliphatic carbocycles. The smallest absolute Gasteiger partial charge is 0.191 e. The highest BCUT2D eigenvalue weighted by molar-refractivity contribution is 4.96. The van der Waals surface area contributed by atoms with E-state index in [1.54, 1.807) is 6.26 Å². The standard InChI is InChI=1S/C12H18N2O3/c1-10-13-11(9-15-10)8-14-4-2-12(3-5-14)16-6-7-17-12/h9H,2-8H2,1H3. The average molecular weight is 238 g/mol. The number of hydrogen-bond donors (Lipinski definition) is 0. The fraction of sp³-hybridized carbons (Fsp3) is 0.750. The minimum atomic E-state index is -0.282. The number of ether oxygens (including phenoxy) is 2. The molecular formula is C12H18N2O3. The van der Waals surface area contributed by atoms with Gasteiger partial charge < -0.3 is 13.9 Å². The maximum absolute atomic E-state index is 5.70. The van der Waals surface area contributed by atoms with Crippen LogP contribution in [0.15, 0.2) is 10.7 Å². The Morgan fingerprint density at radius 1 is 1.29 bits per heavy atom. The van der Waals surface area contributed by atoms with E-state index in [0.29, 0.717) is 0 Å². The number of rotatable bonds is 2. The van der Waals surface area contributed by atoms with Crippen LogP contribution in [0.5, 0.6) is 0 Å². The van der Waals surface area contributed by atoms with Gasteiger partial charge in [0.25, 0.3) is 0 Å². The topological polar surface area (TPSA) is 47.7 Å². The molecule has 3 rings (SSSR count). The van der Waals surface area contributed by atoms with Gasteiger partial charge in [-0.05, 0) is 0 Å². The van der Waals surface area contributed by atoms with Crippen LogP contribution in [-0.2, 0) is 16.0 Å². The molecule has 0 bridgehead atoms. The minimum absolute atomic E-state index is 0.282. The Hall–Kier alpha value is -0.910. The predicted octanol–water partition coefficient (Wildman–Crippen LogP) is 1.32. The van der Waals surface area contributed by atoms with E-state index in [9.17, 15) is 0 Å². The zero-order valence-corrected chi connectivity index (χ0v) is 10.1. The Morgan fingerprint density at radius 2 is 2.00 bits per heavy atom. The van der Waals surface area contributed by atoms with E-state index in [0.717, 1.165) is 57.3 Å². The van der Waals surface area contributed by atoms with Gasteiger partial charge in [-0.1, -0.05) is 0 Å². The molecule has 1 aromatic rings. The molecule has 1 aromatic heterocycles. The van der Waals surface area contributed by atoms with E-state index in [1.807, 2.05) is 6.92 Å². The molecule has 0 amide bonds. The second-order valence-electron chi connectivity index (χ2n) is 4.74.